The molecule has 82 valence electrons. The minimum atomic E-state index is -0.942. The minimum absolute atomic E-state index is 0.173. The summed E-state index contributed by atoms with van der Waals surface area (Å²) in [7, 11) is 1.57. The number of rotatable bonds is 3. The molecule has 1 N–H and O–H groups in total. The second-order valence-corrected chi connectivity index (χ2v) is 3.28. The summed E-state index contributed by atoms with van der Waals surface area (Å²) in [6, 6.07) is 5.39. The molecule has 1 aromatic carbocycles. The van der Waals surface area contributed by atoms with Crippen LogP contribution in [0.4, 0.5) is 0 Å². The third-order valence-electron chi connectivity index (χ3n) is 2.15. The number of carbonyl (C=O) groups is 1. The van der Waals surface area contributed by atoms with E-state index in [1.165, 1.54) is 0 Å². The number of carboxylic acid groups (broad SMARTS) is 1. The fourth-order valence-electron chi connectivity index (χ4n) is 1.39. The monoisotopic (exact) mass is 218 g/mol. The molecule has 0 aliphatic rings. The predicted molar refractivity (Wildman–Crippen MR) is 57.4 cm³/mol. The van der Waals surface area contributed by atoms with Gasteiger partial charge < -0.3 is 9.84 Å². The van der Waals surface area contributed by atoms with Gasteiger partial charge in [-0.15, -0.1) is 0 Å². The average molecular weight is 218 g/mol. The third-order valence-corrected chi connectivity index (χ3v) is 2.15. The Bertz CT molecular complexity index is 540. The van der Waals surface area contributed by atoms with Crippen LogP contribution in [-0.4, -0.2) is 28.2 Å². The van der Waals surface area contributed by atoms with Gasteiger partial charge in [0, 0.05) is 17.6 Å². The van der Waals surface area contributed by atoms with Crippen LogP contribution in [0.2, 0.25) is 0 Å². The molecular formula is C11H10N2O3. The van der Waals surface area contributed by atoms with Gasteiger partial charge in [-0.05, 0) is 12.1 Å². The molecule has 1 heterocycles. The van der Waals surface area contributed by atoms with Gasteiger partial charge in [0.05, 0.1) is 12.6 Å². The van der Waals surface area contributed by atoms with Crippen molar-refractivity contribution < 1.29 is 14.6 Å². The maximum absolute atomic E-state index is 10.5. The van der Waals surface area contributed by atoms with Crippen LogP contribution in [0.25, 0.3) is 10.9 Å². The summed E-state index contributed by atoms with van der Waals surface area (Å²) in [6.07, 6.45) is 1.44. The van der Waals surface area contributed by atoms with E-state index in [2.05, 4.69) is 9.97 Å². The fraction of sp³-hybridized carbons (Fsp3) is 0.182. The van der Waals surface area contributed by atoms with Gasteiger partial charge >= 0.3 is 5.97 Å². The first-order chi connectivity index (χ1) is 7.69. The number of nitrogens with zero attached hydrogens (tertiary/aromatic N) is 2. The Labute approximate surface area is 91.7 Å². The highest BCUT2D eigenvalue weighted by molar-refractivity contribution is 5.79. The lowest BCUT2D eigenvalue weighted by atomic mass is 10.2. The van der Waals surface area contributed by atoms with Gasteiger partial charge in [-0.25, -0.2) is 9.97 Å². The molecule has 0 radical (unpaired) electrons. The van der Waals surface area contributed by atoms with Crippen molar-refractivity contribution in [1.29, 1.82) is 0 Å². The molecule has 1 aromatic heterocycles. The van der Waals surface area contributed by atoms with Crippen LogP contribution in [0.3, 0.4) is 0 Å². The standard InChI is InChI=1S/C11H10N2O3/c1-16-8-3-2-7-6-12-10(5-11(14)15)13-9(7)4-8/h2-4,6H,5H2,1H3,(H,14,15). The quantitative estimate of drug-likeness (QED) is 0.839. The molecule has 0 saturated heterocycles. The zero-order chi connectivity index (χ0) is 11.5. The highest BCUT2D eigenvalue weighted by atomic mass is 16.5. The Hall–Kier alpha value is -2.17. The van der Waals surface area contributed by atoms with Gasteiger partial charge in [0.15, 0.2) is 0 Å². The van der Waals surface area contributed by atoms with Crippen molar-refractivity contribution in [2.75, 3.05) is 7.11 Å². The normalized spacial score (nSPS) is 10.3. The van der Waals surface area contributed by atoms with E-state index in [0.29, 0.717) is 17.1 Å². The summed E-state index contributed by atoms with van der Waals surface area (Å²) in [6.45, 7) is 0. The zero-order valence-corrected chi connectivity index (χ0v) is 8.67. The average Bonchev–Trinajstić information content (AvgIpc) is 2.27. The van der Waals surface area contributed by atoms with E-state index < -0.39 is 5.97 Å². The molecule has 0 atom stereocenters. The summed E-state index contributed by atoms with van der Waals surface area (Å²) in [5.74, 6) is 0.0444. The lowest BCUT2D eigenvalue weighted by Gasteiger charge is -2.02. The smallest absolute Gasteiger partial charge is 0.311 e. The van der Waals surface area contributed by atoms with Crippen LogP contribution in [0.5, 0.6) is 5.75 Å². The van der Waals surface area contributed by atoms with Crippen molar-refractivity contribution in [3.8, 4) is 5.75 Å². The van der Waals surface area contributed by atoms with Crippen molar-refractivity contribution in [1.82, 2.24) is 9.97 Å². The van der Waals surface area contributed by atoms with E-state index in [9.17, 15) is 4.79 Å². The van der Waals surface area contributed by atoms with Crippen LogP contribution < -0.4 is 4.74 Å². The molecule has 16 heavy (non-hydrogen) atoms. The van der Waals surface area contributed by atoms with E-state index in [4.69, 9.17) is 9.84 Å². The number of hydrogen-bond donors (Lipinski definition) is 1. The number of carboxylic acids is 1. The summed E-state index contributed by atoms with van der Waals surface area (Å²) in [4.78, 5) is 18.6. The van der Waals surface area contributed by atoms with Crippen molar-refractivity contribution >= 4 is 16.9 Å². The first-order valence-corrected chi connectivity index (χ1v) is 4.70. The number of benzene rings is 1. The molecule has 0 aliphatic carbocycles. The molecule has 2 rings (SSSR count). The first-order valence-electron chi connectivity index (χ1n) is 4.70. The van der Waals surface area contributed by atoms with Crippen LogP contribution >= 0.6 is 0 Å². The Kier molecular flexibility index (Phi) is 2.68. The van der Waals surface area contributed by atoms with Crippen LogP contribution in [0.15, 0.2) is 24.4 Å². The Morgan fingerprint density at radius 3 is 3.00 bits per heavy atom. The Morgan fingerprint density at radius 2 is 2.31 bits per heavy atom. The number of aliphatic carboxylic acids is 1. The van der Waals surface area contributed by atoms with Gasteiger partial charge in [-0.3, -0.25) is 4.79 Å². The molecule has 0 unspecified atom stereocenters. The van der Waals surface area contributed by atoms with Crippen molar-refractivity contribution in [2.24, 2.45) is 0 Å². The highest BCUT2D eigenvalue weighted by Gasteiger charge is 2.05. The van der Waals surface area contributed by atoms with E-state index in [1.807, 2.05) is 12.1 Å². The zero-order valence-electron chi connectivity index (χ0n) is 8.67. The van der Waals surface area contributed by atoms with Gasteiger partial charge in [0.25, 0.3) is 0 Å². The number of aromatic nitrogens is 2. The molecule has 5 heteroatoms. The number of fused-ring (bicyclic) bond motifs is 1. The molecule has 0 aliphatic heterocycles. The second kappa shape index (κ2) is 4.14. The van der Waals surface area contributed by atoms with E-state index in [1.54, 1.807) is 19.4 Å². The summed E-state index contributed by atoms with van der Waals surface area (Å²) in [5.41, 5.74) is 0.686. The third kappa shape index (κ3) is 2.08. The fourth-order valence-corrected chi connectivity index (χ4v) is 1.39. The van der Waals surface area contributed by atoms with Gasteiger partial charge in [-0.2, -0.15) is 0 Å². The molecule has 0 fully saturated rings. The van der Waals surface area contributed by atoms with E-state index in [-0.39, 0.29) is 6.42 Å². The maximum atomic E-state index is 10.5. The molecule has 2 aromatic rings. The first kappa shape index (κ1) is 10.4. The number of ether oxygens (including phenoxy) is 1. The topological polar surface area (TPSA) is 72.3 Å². The van der Waals surface area contributed by atoms with Crippen molar-refractivity contribution in [2.45, 2.75) is 6.42 Å². The Morgan fingerprint density at radius 1 is 1.50 bits per heavy atom. The maximum Gasteiger partial charge on any atom is 0.311 e. The van der Waals surface area contributed by atoms with E-state index in [0.717, 1.165) is 5.39 Å². The molecule has 0 bridgehead atoms. The highest BCUT2D eigenvalue weighted by Crippen LogP contribution is 2.18. The SMILES string of the molecule is COc1ccc2cnc(CC(=O)O)nc2c1. The molecule has 0 amide bonds. The molecule has 0 spiro atoms. The second-order valence-electron chi connectivity index (χ2n) is 3.28. The lowest BCUT2D eigenvalue weighted by Crippen LogP contribution is -2.04. The summed E-state index contributed by atoms with van der Waals surface area (Å²) >= 11 is 0. The lowest BCUT2D eigenvalue weighted by molar-refractivity contribution is -0.136. The van der Waals surface area contributed by atoms with Gasteiger partial charge in [-0.1, -0.05) is 0 Å². The predicted octanol–water partition coefficient (Wildman–Crippen LogP) is 1.27. The van der Waals surface area contributed by atoms with Gasteiger partial charge in [0.2, 0.25) is 0 Å². The van der Waals surface area contributed by atoms with Crippen LogP contribution in [0, 0.1) is 0 Å². The van der Waals surface area contributed by atoms with Crippen LogP contribution in [-0.2, 0) is 11.2 Å². The number of methoxy groups -OCH3 is 1. The summed E-state index contributed by atoms with van der Waals surface area (Å²) < 4.78 is 5.07. The largest absolute Gasteiger partial charge is 0.497 e. The molecule has 0 saturated carbocycles. The van der Waals surface area contributed by atoms with E-state index >= 15 is 0 Å². The van der Waals surface area contributed by atoms with Crippen LogP contribution in [0.1, 0.15) is 5.82 Å². The molecule has 5 nitrogen and oxygen atoms in total. The van der Waals surface area contributed by atoms with Crippen molar-refractivity contribution in [3.63, 3.8) is 0 Å². The van der Waals surface area contributed by atoms with Gasteiger partial charge in [0.1, 0.15) is 18.0 Å². The minimum Gasteiger partial charge on any atom is -0.497 e. The summed E-state index contributed by atoms with van der Waals surface area (Å²) in [5, 5.41) is 9.49. The number of hydrogen-bond acceptors (Lipinski definition) is 4. The molecular weight excluding hydrogens is 208 g/mol. The Balaban J connectivity index is 2.46. The van der Waals surface area contributed by atoms with Crippen molar-refractivity contribution in [3.05, 3.63) is 30.2 Å².